The Balaban J connectivity index is 1.71. The van der Waals surface area contributed by atoms with Crippen molar-refractivity contribution in [1.82, 2.24) is 9.78 Å². The van der Waals surface area contributed by atoms with Gasteiger partial charge in [0.1, 0.15) is 10.6 Å². The summed E-state index contributed by atoms with van der Waals surface area (Å²) in [5.41, 5.74) is 2.33. The van der Waals surface area contributed by atoms with Crippen LogP contribution in [0.25, 0.3) is 10.1 Å². The van der Waals surface area contributed by atoms with Crippen molar-refractivity contribution in [3.8, 4) is 0 Å². The Labute approximate surface area is 189 Å². The average Bonchev–Trinajstić information content (AvgIpc) is 3.19. The van der Waals surface area contributed by atoms with Crippen LogP contribution in [-0.2, 0) is 0 Å². The van der Waals surface area contributed by atoms with Crippen molar-refractivity contribution in [3.05, 3.63) is 73.2 Å². The zero-order chi connectivity index (χ0) is 20.7. The SMILES string of the molecule is Cc1nn(C(=O)c2sc3ccccc3c2Cl)c(C)c1N=Nc1ccc(Br)c(Cl)c1. The van der Waals surface area contributed by atoms with Crippen LogP contribution in [0.15, 0.2) is 57.2 Å². The standard InChI is InChI=1S/C20H13BrCl2N4OS/c1-10-18(25-24-12-7-8-14(21)15(22)9-12)11(2)27(26-10)20(28)19-17(23)13-5-3-4-6-16(13)29-19/h3-9H,1-2H3. The molecule has 0 aliphatic heterocycles. The Bertz CT molecular complexity index is 1300. The van der Waals surface area contributed by atoms with E-state index in [-0.39, 0.29) is 5.91 Å². The molecular weight excluding hydrogens is 495 g/mol. The van der Waals surface area contributed by atoms with Gasteiger partial charge in [0.2, 0.25) is 0 Å². The average molecular weight is 508 g/mol. The van der Waals surface area contributed by atoms with E-state index in [2.05, 4.69) is 31.3 Å². The van der Waals surface area contributed by atoms with Crippen LogP contribution in [-0.4, -0.2) is 15.7 Å². The first-order valence-corrected chi connectivity index (χ1v) is 10.9. The Kier molecular flexibility index (Phi) is 5.57. The summed E-state index contributed by atoms with van der Waals surface area (Å²) < 4.78 is 3.06. The second-order valence-electron chi connectivity index (χ2n) is 6.28. The van der Waals surface area contributed by atoms with Crippen LogP contribution in [0, 0.1) is 13.8 Å². The molecular formula is C20H13BrCl2N4OS. The lowest BCUT2D eigenvalue weighted by Crippen LogP contribution is -2.14. The van der Waals surface area contributed by atoms with Gasteiger partial charge in [0.05, 0.1) is 27.1 Å². The molecule has 4 rings (SSSR count). The highest BCUT2D eigenvalue weighted by molar-refractivity contribution is 9.10. The number of halogens is 3. The third-order valence-corrected chi connectivity index (χ3v) is 7.24. The van der Waals surface area contributed by atoms with E-state index < -0.39 is 0 Å². The van der Waals surface area contributed by atoms with Crippen LogP contribution in [0.4, 0.5) is 11.4 Å². The first-order chi connectivity index (χ1) is 13.9. The molecule has 0 spiro atoms. The number of nitrogens with zero attached hydrogens (tertiary/aromatic N) is 4. The second-order valence-corrected chi connectivity index (χ2v) is 8.97. The van der Waals surface area contributed by atoms with E-state index in [4.69, 9.17) is 23.2 Å². The van der Waals surface area contributed by atoms with Crippen molar-refractivity contribution in [2.45, 2.75) is 13.8 Å². The number of thiophene rings is 1. The van der Waals surface area contributed by atoms with Crippen LogP contribution in [0.5, 0.6) is 0 Å². The molecule has 0 unspecified atom stereocenters. The van der Waals surface area contributed by atoms with Gasteiger partial charge in [0.15, 0.2) is 0 Å². The molecule has 0 fully saturated rings. The topological polar surface area (TPSA) is 59.6 Å². The third kappa shape index (κ3) is 3.75. The van der Waals surface area contributed by atoms with E-state index in [0.29, 0.717) is 37.7 Å². The summed E-state index contributed by atoms with van der Waals surface area (Å²) in [7, 11) is 0. The quantitative estimate of drug-likeness (QED) is 0.264. The smallest absolute Gasteiger partial charge is 0.266 e. The number of aryl methyl sites for hydroxylation is 1. The number of carbonyl (C=O) groups excluding carboxylic acids is 1. The number of aromatic nitrogens is 2. The molecule has 0 bridgehead atoms. The first kappa shape index (κ1) is 20.2. The van der Waals surface area contributed by atoms with Crippen molar-refractivity contribution in [1.29, 1.82) is 0 Å². The van der Waals surface area contributed by atoms with Crippen LogP contribution in [0.3, 0.4) is 0 Å². The van der Waals surface area contributed by atoms with Gasteiger partial charge in [-0.3, -0.25) is 4.79 Å². The van der Waals surface area contributed by atoms with Crippen LogP contribution >= 0.6 is 50.5 Å². The van der Waals surface area contributed by atoms with E-state index >= 15 is 0 Å². The van der Waals surface area contributed by atoms with E-state index in [1.807, 2.05) is 24.3 Å². The number of hydrogen-bond acceptors (Lipinski definition) is 5. The molecule has 0 aliphatic rings. The fourth-order valence-corrected chi connectivity index (χ4v) is 4.74. The van der Waals surface area contributed by atoms with Crippen molar-refractivity contribution >= 4 is 77.8 Å². The molecule has 0 saturated carbocycles. The maximum Gasteiger partial charge on any atom is 0.290 e. The largest absolute Gasteiger partial charge is 0.290 e. The summed E-state index contributed by atoms with van der Waals surface area (Å²) in [5, 5.41) is 14.7. The van der Waals surface area contributed by atoms with E-state index in [1.165, 1.54) is 16.0 Å². The molecule has 0 saturated heterocycles. The fraction of sp³-hybridized carbons (Fsp3) is 0.100. The number of carbonyl (C=O) groups is 1. The molecule has 0 amide bonds. The number of fused-ring (bicyclic) bond motifs is 1. The van der Waals surface area contributed by atoms with E-state index in [9.17, 15) is 4.79 Å². The molecule has 0 radical (unpaired) electrons. The predicted octanol–water partition coefficient (Wildman–Crippen LogP) is 7.89. The van der Waals surface area contributed by atoms with Crippen molar-refractivity contribution in [2.24, 2.45) is 10.2 Å². The second kappa shape index (κ2) is 7.99. The summed E-state index contributed by atoms with van der Waals surface area (Å²) >= 11 is 17.3. The van der Waals surface area contributed by atoms with Gasteiger partial charge >= 0.3 is 0 Å². The minimum Gasteiger partial charge on any atom is -0.266 e. The van der Waals surface area contributed by atoms with Gasteiger partial charge < -0.3 is 0 Å². The molecule has 29 heavy (non-hydrogen) atoms. The number of hydrogen-bond donors (Lipinski definition) is 0. The van der Waals surface area contributed by atoms with Gasteiger partial charge in [-0.15, -0.1) is 16.5 Å². The lowest BCUT2D eigenvalue weighted by Gasteiger charge is -2.01. The molecule has 9 heteroatoms. The number of azo groups is 1. The Hall–Kier alpha value is -2.06. The molecule has 146 valence electrons. The summed E-state index contributed by atoms with van der Waals surface area (Å²) in [4.78, 5) is 13.6. The summed E-state index contributed by atoms with van der Waals surface area (Å²) in [6.45, 7) is 3.56. The molecule has 0 aliphatic carbocycles. The Morgan fingerprint density at radius 1 is 1.14 bits per heavy atom. The summed E-state index contributed by atoms with van der Waals surface area (Å²) in [5.74, 6) is -0.287. The van der Waals surface area contributed by atoms with Gasteiger partial charge in [-0.1, -0.05) is 41.4 Å². The molecule has 2 heterocycles. The van der Waals surface area contributed by atoms with Gasteiger partial charge in [-0.05, 0) is 54.0 Å². The van der Waals surface area contributed by atoms with Crippen molar-refractivity contribution < 1.29 is 4.79 Å². The molecule has 4 aromatic rings. The molecule has 0 N–H and O–H groups in total. The highest BCUT2D eigenvalue weighted by Crippen LogP contribution is 2.36. The maximum absolute atomic E-state index is 13.1. The zero-order valence-corrected chi connectivity index (χ0v) is 19.2. The molecule has 5 nitrogen and oxygen atoms in total. The first-order valence-electron chi connectivity index (χ1n) is 8.51. The predicted molar refractivity (Wildman–Crippen MR) is 122 cm³/mol. The lowest BCUT2D eigenvalue weighted by atomic mass is 10.2. The van der Waals surface area contributed by atoms with Gasteiger partial charge in [0, 0.05) is 14.6 Å². The van der Waals surface area contributed by atoms with Crippen molar-refractivity contribution in [3.63, 3.8) is 0 Å². The minimum absolute atomic E-state index is 0.287. The van der Waals surface area contributed by atoms with Gasteiger partial charge in [0.25, 0.3) is 5.91 Å². The van der Waals surface area contributed by atoms with Gasteiger partial charge in [-0.25, -0.2) is 0 Å². The zero-order valence-electron chi connectivity index (χ0n) is 15.3. The summed E-state index contributed by atoms with van der Waals surface area (Å²) in [6.07, 6.45) is 0. The minimum atomic E-state index is -0.287. The monoisotopic (exact) mass is 506 g/mol. The highest BCUT2D eigenvalue weighted by atomic mass is 79.9. The third-order valence-electron chi connectivity index (χ3n) is 4.34. The maximum atomic E-state index is 13.1. The number of benzene rings is 2. The van der Waals surface area contributed by atoms with E-state index in [0.717, 1.165) is 14.6 Å². The lowest BCUT2D eigenvalue weighted by molar-refractivity contribution is 0.0946. The molecule has 0 atom stereocenters. The van der Waals surface area contributed by atoms with E-state index in [1.54, 1.807) is 32.0 Å². The summed E-state index contributed by atoms with van der Waals surface area (Å²) in [6, 6.07) is 12.9. The molecule has 2 aromatic carbocycles. The van der Waals surface area contributed by atoms with Crippen LogP contribution < -0.4 is 0 Å². The van der Waals surface area contributed by atoms with Crippen LogP contribution in [0.1, 0.15) is 21.1 Å². The highest BCUT2D eigenvalue weighted by Gasteiger charge is 2.23. The Morgan fingerprint density at radius 3 is 2.62 bits per heavy atom. The Morgan fingerprint density at radius 2 is 1.90 bits per heavy atom. The number of rotatable bonds is 3. The normalized spacial score (nSPS) is 11.6. The van der Waals surface area contributed by atoms with Crippen molar-refractivity contribution in [2.75, 3.05) is 0 Å². The molecule has 2 aromatic heterocycles. The van der Waals surface area contributed by atoms with Gasteiger partial charge in [-0.2, -0.15) is 14.9 Å². The van der Waals surface area contributed by atoms with Crippen LogP contribution in [0.2, 0.25) is 10.0 Å². The fourth-order valence-electron chi connectivity index (χ4n) is 2.88.